The highest BCUT2D eigenvalue weighted by atomic mass is 35.5. The number of carbonyl (C=O) groups is 1. The summed E-state index contributed by atoms with van der Waals surface area (Å²) in [6.07, 6.45) is 0.743. The second kappa shape index (κ2) is 13.3. The van der Waals surface area contributed by atoms with Gasteiger partial charge >= 0.3 is 5.97 Å². The summed E-state index contributed by atoms with van der Waals surface area (Å²) >= 11 is 12.8. The number of ether oxygens (including phenoxy) is 2. The number of rotatable bonds is 10. The predicted octanol–water partition coefficient (Wildman–Crippen LogP) is 4.53. The minimum absolute atomic E-state index is 0.0424. The lowest BCUT2D eigenvalue weighted by Gasteiger charge is -2.44. The fourth-order valence-corrected chi connectivity index (χ4v) is 4.92. The van der Waals surface area contributed by atoms with E-state index < -0.39 is 12.1 Å². The lowest BCUT2D eigenvalue weighted by atomic mass is 10.0. The Hall–Kier alpha value is -2.88. The van der Waals surface area contributed by atoms with Crippen LogP contribution in [0.25, 0.3) is 0 Å². The first kappa shape index (κ1) is 28.1. The van der Waals surface area contributed by atoms with Crippen LogP contribution in [-0.2, 0) is 4.74 Å². The number of anilines is 1. The first-order valence-electron chi connectivity index (χ1n) is 12.5. The molecule has 3 aromatic rings. The van der Waals surface area contributed by atoms with Crippen LogP contribution in [0.5, 0.6) is 5.75 Å². The van der Waals surface area contributed by atoms with Gasteiger partial charge in [-0.25, -0.2) is 9.78 Å². The molecule has 2 heterocycles. The number of piperazine rings is 1. The largest absolute Gasteiger partial charge is 0.491 e. The molecule has 38 heavy (non-hydrogen) atoms. The lowest BCUT2D eigenvalue weighted by molar-refractivity contribution is 0.0518. The Morgan fingerprint density at radius 2 is 1.92 bits per heavy atom. The van der Waals surface area contributed by atoms with Crippen molar-refractivity contribution in [2.24, 2.45) is 0 Å². The van der Waals surface area contributed by atoms with Crippen molar-refractivity contribution in [3.8, 4) is 5.75 Å². The molecule has 1 aromatic heterocycles. The highest BCUT2D eigenvalue weighted by molar-refractivity contribution is 6.33. The van der Waals surface area contributed by atoms with Crippen LogP contribution in [0.3, 0.4) is 0 Å². The first-order valence-corrected chi connectivity index (χ1v) is 13.2. The Balaban J connectivity index is 1.51. The zero-order valence-corrected chi connectivity index (χ0v) is 22.6. The van der Waals surface area contributed by atoms with Gasteiger partial charge in [-0.2, -0.15) is 0 Å². The molecule has 1 fully saturated rings. The second-order valence-electron chi connectivity index (χ2n) is 8.92. The van der Waals surface area contributed by atoms with Gasteiger partial charge in [0.1, 0.15) is 18.1 Å². The van der Waals surface area contributed by atoms with Crippen molar-refractivity contribution in [1.29, 1.82) is 0 Å². The normalized spacial score (nSPS) is 16.8. The molecule has 0 saturated carbocycles. The van der Waals surface area contributed by atoms with Crippen molar-refractivity contribution >= 4 is 34.9 Å². The van der Waals surface area contributed by atoms with Crippen LogP contribution in [0, 0.1) is 0 Å². The van der Waals surface area contributed by atoms with Crippen LogP contribution in [-0.4, -0.2) is 72.1 Å². The van der Waals surface area contributed by atoms with Crippen molar-refractivity contribution in [3.05, 3.63) is 87.7 Å². The monoisotopic (exact) mass is 559 g/mol. The van der Waals surface area contributed by atoms with Gasteiger partial charge in [-0.3, -0.25) is 4.90 Å². The third-order valence-electron chi connectivity index (χ3n) is 6.39. The Bertz CT molecular complexity index is 1210. The quantitative estimate of drug-likeness (QED) is 0.350. The van der Waals surface area contributed by atoms with Gasteiger partial charge in [0.2, 0.25) is 0 Å². The summed E-state index contributed by atoms with van der Waals surface area (Å²) in [7, 11) is 0. The van der Waals surface area contributed by atoms with E-state index in [2.05, 4.69) is 14.8 Å². The van der Waals surface area contributed by atoms with Crippen LogP contribution in [0.15, 0.2) is 60.8 Å². The fourth-order valence-electron chi connectivity index (χ4n) is 4.52. The fraction of sp³-hybridized carbons (Fsp3) is 0.357. The zero-order chi connectivity index (χ0) is 27.1. The Morgan fingerprint density at radius 3 is 2.58 bits per heavy atom. The van der Waals surface area contributed by atoms with E-state index in [0.717, 1.165) is 11.3 Å². The van der Waals surface area contributed by atoms with E-state index in [1.807, 2.05) is 36.4 Å². The van der Waals surface area contributed by atoms with Gasteiger partial charge in [0, 0.05) is 49.0 Å². The molecular weight excluding hydrogens is 529 g/mol. The SMILES string of the molecule is CCOC(=O)c1ccc([C@H](O)CN2CCN(c3ccc(OCCO)cc3Cl)[C@H](c3ccc(Cl)cc3)C2)cn1. The molecular formula is C28H31Cl2N3O5. The van der Waals surface area contributed by atoms with Crippen LogP contribution >= 0.6 is 23.2 Å². The van der Waals surface area contributed by atoms with E-state index in [1.54, 1.807) is 25.1 Å². The molecule has 2 N–H and O–H groups in total. The van der Waals surface area contributed by atoms with Crippen molar-refractivity contribution < 1.29 is 24.5 Å². The van der Waals surface area contributed by atoms with Gasteiger partial charge in [-0.15, -0.1) is 0 Å². The van der Waals surface area contributed by atoms with Crippen molar-refractivity contribution in [1.82, 2.24) is 9.88 Å². The number of hydrogen-bond acceptors (Lipinski definition) is 8. The van der Waals surface area contributed by atoms with Crippen LogP contribution in [0.2, 0.25) is 10.0 Å². The van der Waals surface area contributed by atoms with Crippen molar-refractivity contribution in [2.75, 3.05) is 50.9 Å². The second-order valence-corrected chi connectivity index (χ2v) is 9.76. The van der Waals surface area contributed by atoms with Gasteiger partial charge in [-0.05, 0) is 42.8 Å². The van der Waals surface area contributed by atoms with Crippen LogP contribution in [0.1, 0.15) is 40.7 Å². The summed E-state index contributed by atoms with van der Waals surface area (Å²) in [5.74, 6) is 0.113. The molecule has 2 aromatic carbocycles. The third kappa shape index (κ3) is 6.95. The van der Waals surface area contributed by atoms with E-state index in [9.17, 15) is 9.90 Å². The molecule has 0 aliphatic carbocycles. The summed E-state index contributed by atoms with van der Waals surface area (Å²) in [4.78, 5) is 20.5. The topological polar surface area (TPSA) is 95.4 Å². The smallest absolute Gasteiger partial charge is 0.356 e. The summed E-state index contributed by atoms with van der Waals surface area (Å²) in [6.45, 7) is 4.57. The van der Waals surface area contributed by atoms with E-state index in [-0.39, 0.29) is 31.6 Å². The number of β-amino-alcohol motifs (C(OH)–C–C–N with tert-alkyl or cyclic N) is 1. The number of benzene rings is 2. The zero-order valence-electron chi connectivity index (χ0n) is 21.1. The lowest BCUT2D eigenvalue weighted by Crippen LogP contribution is -2.49. The Kier molecular flexibility index (Phi) is 9.82. The van der Waals surface area contributed by atoms with Gasteiger partial charge in [0.25, 0.3) is 0 Å². The number of aliphatic hydroxyl groups excluding tert-OH is 2. The van der Waals surface area contributed by atoms with Crippen LogP contribution < -0.4 is 9.64 Å². The average molecular weight is 560 g/mol. The number of halogens is 2. The number of aromatic nitrogens is 1. The molecule has 1 saturated heterocycles. The van der Waals surface area contributed by atoms with E-state index in [1.165, 1.54) is 6.20 Å². The highest BCUT2D eigenvalue weighted by Crippen LogP contribution is 2.37. The van der Waals surface area contributed by atoms with Crippen molar-refractivity contribution in [3.63, 3.8) is 0 Å². The minimum atomic E-state index is -0.775. The predicted molar refractivity (Wildman–Crippen MR) is 147 cm³/mol. The number of nitrogens with zero attached hydrogens (tertiary/aromatic N) is 3. The van der Waals surface area contributed by atoms with Gasteiger partial charge in [-0.1, -0.05) is 41.4 Å². The maximum Gasteiger partial charge on any atom is 0.356 e. The maximum absolute atomic E-state index is 11.9. The van der Waals surface area contributed by atoms with E-state index in [0.29, 0.717) is 47.5 Å². The Morgan fingerprint density at radius 1 is 1.13 bits per heavy atom. The molecule has 0 amide bonds. The number of pyridine rings is 1. The molecule has 202 valence electrons. The molecule has 0 spiro atoms. The summed E-state index contributed by atoms with van der Waals surface area (Å²) in [5, 5.41) is 21.2. The third-order valence-corrected chi connectivity index (χ3v) is 6.95. The van der Waals surface area contributed by atoms with Crippen LogP contribution in [0.4, 0.5) is 5.69 Å². The molecule has 0 bridgehead atoms. The minimum Gasteiger partial charge on any atom is -0.491 e. The van der Waals surface area contributed by atoms with Gasteiger partial charge < -0.3 is 24.6 Å². The number of aliphatic hydroxyl groups is 2. The molecule has 0 unspecified atom stereocenters. The first-order chi connectivity index (χ1) is 18.4. The number of hydrogen-bond donors (Lipinski definition) is 2. The average Bonchev–Trinajstić information content (AvgIpc) is 2.93. The standard InChI is InChI=1S/C28H31Cl2N3O5/c1-2-37-28(36)24-9-5-20(16-31-24)27(35)18-32-11-12-33(26(17-32)19-3-6-21(29)7-4-19)25-10-8-22(15-23(25)30)38-14-13-34/h3-10,15-16,26-27,34-35H,2,11-14,17-18H2,1H3/t26-,27+/m0/s1. The van der Waals surface area contributed by atoms with Gasteiger partial charge in [0.15, 0.2) is 0 Å². The summed E-state index contributed by atoms with van der Waals surface area (Å²) in [6, 6.07) is 16.5. The molecule has 1 aliphatic rings. The van der Waals surface area contributed by atoms with E-state index >= 15 is 0 Å². The molecule has 4 rings (SSSR count). The maximum atomic E-state index is 11.9. The molecule has 1 aliphatic heterocycles. The summed E-state index contributed by atoms with van der Waals surface area (Å²) in [5.41, 5.74) is 2.79. The highest BCUT2D eigenvalue weighted by Gasteiger charge is 2.31. The van der Waals surface area contributed by atoms with Gasteiger partial charge in [0.05, 0.1) is 36.1 Å². The molecule has 10 heteroatoms. The molecule has 8 nitrogen and oxygen atoms in total. The Labute approximate surface area is 232 Å². The number of esters is 1. The summed E-state index contributed by atoms with van der Waals surface area (Å²) < 4.78 is 10.5. The van der Waals surface area contributed by atoms with Crippen molar-refractivity contribution in [2.45, 2.75) is 19.1 Å². The molecule has 0 radical (unpaired) electrons. The molecule has 2 atom stereocenters. The van der Waals surface area contributed by atoms with E-state index in [4.69, 9.17) is 37.8 Å². The number of carbonyl (C=O) groups excluding carboxylic acids is 1.